The van der Waals surface area contributed by atoms with Crippen LogP contribution < -0.4 is 5.32 Å². The fourth-order valence-corrected chi connectivity index (χ4v) is 3.57. The van der Waals surface area contributed by atoms with Gasteiger partial charge in [-0.1, -0.05) is 60.7 Å². The maximum absolute atomic E-state index is 13.2. The minimum Gasteiger partial charge on any atom is -0.350 e. The molecule has 1 unspecified atom stereocenters. The Kier molecular flexibility index (Phi) is 5.15. The molecule has 2 aromatic carbocycles. The van der Waals surface area contributed by atoms with E-state index in [0.29, 0.717) is 19.5 Å². The van der Waals surface area contributed by atoms with E-state index in [4.69, 9.17) is 0 Å². The van der Waals surface area contributed by atoms with Crippen LogP contribution in [0.2, 0.25) is 0 Å². The Morgan fingerprint density at radius 1 is 1.00 bits per heavy atom. The van der Waals surface area contributed by atoms with Crippen molar-refractivity contribution in [3.63, 3.8) is 0 Å². The molecule has 0 saturated carbocycles. The number of nitrogens with one attached hydrogen (secondary N) is 1. The number of carbonyl (C=O) groups is 2. The largest absolute Gasteiger partial charge is 0.350 e. The van der Waals surface area contributed by atoms with Crippen molar-refractivity contribution in [2.24, 2.45) is 0 Å². The van der Waals surface area contributed by atoms with E-state index in [1.165, 1.54) is 0 Å². The van der Waals surface area contributed by atoms with Gasteiger partial charge in [-0.3, -0.25) is 14.6 Å². The van der Waals surface area contributed by atoms with Crippen LogP contribution in [0.3, 0.4) is 0 Å². The lowest BCUT2D eigenvalue weighted by Gasteiger charge is -2.36. The molecule has 1 aromatic heterocycles. The fraction of sp³-hybridized carbons (Fsp3) is 0.174. The Morgan fingerprint density at radius 2 is 1.75 bits per heavy atom. The SMILES string of the molecule is O=C(NCc1cccnc1)C1c2ccccc2CC(=O)N1Cc1ccccc1. The first-order valence-corrected chi connectivity index (χ1v) is 9.30. The molecule has 0 fully saturated rings. The molecule has 0 bridgehead atoms. The molecule has 1 aliphatic rings. The zero-order valence-electron chi connectivity index (χ0n) is 15.4. The van der Waals surface area contributed by atoms with Crippen LogP contribution in [0.25, 0.3) is 0 Å². The molecule has 2 amide bonds. The summed E-state index contributed by atoms with van der Waals surface area (Å²) in [5.41, 5.74) is 3.72. The number of pyridine rings is 1. The van der Waals surface area contributed by atoms with Gasteiger partial charge in [-0.15, -0.1) is 0 Å². The number of hydrogen-bond acceptors (Lipinski definition) is 3. The van der Waals surface area contributed by atoms with E-state index < -0.39 is 6.04 Å². The van der Waals surface area contributed by atoms with Gasteiger partial charge >= 0.3 is 0 Å². The number of rotatable bonds is 5. The maximum Gasteiger partial charge on any atom is 0.247 e. The van der Waals surface area contributed by atoms with Crippen LogP contribution in [-0.2, 0) is 29.1 Å². The van der Waals surface area contributed by atoms with Crippen molar-refractivity contribution >= 4 is 11.8 Å². The molecule has 0 aliphatic carbocycles. The van der Waals surface area contributed by atoms with E-state index in [0.717, 1.165) is 22.3 Å². The standard InChI is InChI=1S/C23H21N3O2/c27-21-13-19-10-4-5-11-20(19)22(26(21)16-17-7-2-1-3-8-17)23(28)25-15-18-9-6-12-24-14-18/h1-12,14,22H,13,15-16H2,(H,25,28). The number of hydrogen-bond donors (Lipinski definition) is 1. The van der Waals surface area contributed by atoms with Gasteiger partial charge in [-0.25, -0.2) is 0 Å². The third-order valence-electron chi connectivity index (χ3n) is 4.96. The van der Waals surface area contributed by atoms with Crippen LogP contribution in [0.4, 0.5) is 0 Å². The number of carbonyl (C=O) groups excluding carboxylic acids is 2. The van der Waals surface area contributed by atoms with E-state index in [9.17, 15) is 9.59 Å². The molecule has 0 radical (unpaired) electrons. The van der Waals surface area contributed by atoms with Crippen LogP contribution in [-0.4, -0.2) is 21.7 Å². The first-order chi connectivity index (χ1) is 13.7. The van der Waals surface area contributed by atoms with Gasteiger partial charge in [0, 0.05) is 25.5 Å². The van der Waals surface area contributed by atoms with Gasteiger partial charge in [0.1, 0.15) is 6.04 Å². The molecule has 0 spiro atoms. The maximum atomic E-state index is 13.2. The number of benzene rings is 2. The topological polar surface area (TPSA) is 62.3 Å². The summed E-state index contributed by atoms with van der Waals surface area (Å²) in [7, 11) is 0. The van der Waals surface area contributed by atoms with Crippen molar-refractivity contribution in [2.45, 2.75) is 25.6 Å². The van der Waals surface area contributed by atoms with Crippen molar-refractivity contribution < 1.29 is 9.59 Å². The van der Waals surface area contributed by atoms with Crippen LogP contribution in [0.15, 0.2) is 79.1 Å². The second-order valence-corrected chi connectivity index (χ2v) is 6.86. The Hall–Kier alpha value is -3.47. The molecular formula is C23H21N3O2. The van der Waals surface area contributed by atoms with E-state index in [1.54, 1.807) is 17.3 Å². The lowest BCUT2D eigenvalue weighted by atomic mass is 9.91. The summed E-state index contributed by atoms with van der Waals surface area (Å²) in [6.45, 7) is 0.775. The van der Waals surface area contributed by atoms with Crippen LogP contribution in [0.1, 0.15) is 28.3 Å². The molecule has 140 valence electrons. The number of fused-ring (bicyclic) bond motifs is 1. The first kappa shape index (κ1) is 17.9. The van der Waals surface area contributed by atoms with Gasteiger partial charge in [-0.05, 0) is 28.3 Å². The van der Waals surface area contributed by atoms with Crippen molar-refractivity contribution in [2.75, 3.05) is 0 Å². The molecule has 1 atom stereocenters. The smallest absolute Gasteiger partial charge is 0.247 e. The Balaban J connectivity index is 1.62. The predicted octanol–water partition coefficient (Wildman–Crippen LogP) is 3.02. The molecule has 28 heavy (non-hydrogen) atoms. The van der Waals surface area contributed by atoms with E-state index in [2.05, 4.69) is 10.3 Å². The molecule has 0 saturated heterocycles. The second kappa shape index (κ2) is 8.05. The van der Waals surface area contributed by atoms with E-state index >= 15 is 0 Å². The number of amides is 2. The Morgan fingerprint density at radius 3 is 2.54 bits per heavy atom. The zero-order chi connectivity index (χ0) is 19.3. The lowest BCUT2D eigenvalue weighted by molar-refractivity contribution is -0.142. The van der Waals surface area contributed by atoms with Crippen LogP contribution in [0, 0.1) is 0 Å². The Labute approximate surface area is 164 Å². The van der Waals surface area contributed by atoms with Gasteiger partial charge in [0.15, 0.2) is 0 Å². The minimum absolute atomic E-state index is 0.0379. The van der Waals surface area contributed by atoms with Gasteiger partial charge in [0.05, 0.1) is 6.42 Å². The summed E-state index contributed by atoms with van der Waals surface area (Å²) in [5, 5.41) is 2.97. The summed E-state index contributed by atoms with van der Waals surface area (Å²) in [6.07, 6.45) is 3.74. The highest BCUT2D eigenvalue weighted by Gasteiger charge is 2.36. The third kappa shape index (κ3) is 3.78. The summed E-state index contributed by atoms with van der Waals surface area (Å²) in [5.74, 6) is -0.218. The van der Waals surface area contributed by atoms with Crippen molar-refractivity contribution in [1.29, 1.82) is 0 Å². The van der Waals surface area contributed by atoms with E-state index in [-0.39, 0.29) is 11.8 Å². The molecule has 4 rings (SSSR count). The first-order valence-electron chi connectivity index (χ1n) is 9.30. The minimum atomic E-state index is -0.644. The third-order valence-corrected chi connectivity index (χ3v) is 4.96. The van der Waals surface area contributed by atoms with E-state index in [1.807, 2.05) is 66.7 Å². The Bertz CT molecular complexity index is 973. The highest BCUT2D eigenvalue weighted by Crippen LogP contribution is 2.32. The zero-order valence-corrected chi connectivity index (χ0v) is 15.4. The number of aromatic nitrogens is 1. The average molecular weight is 371 g/mol. The quantitative estimate of drug-likeness (QED) is 0.750. The highest BCUT2D eigenvalue weighted by molar-refractivity contribution is 5.92. The van der Waals surface area contributed by atoms with Crippen molar-refractivity contribution in [3.8, 4) is 0 Å². The van der Waals surface area contributed by atoms with Crippen LogP contribution >= 0.6 is 0 Å². The van der Waals surface area contributed by atoms with Gasteiger partial charge in [0.25, 0.3) is 0 Å². The molecule has 5 heteroatoms. The lowest BCUT2D eigenvalue weighted by Crippen LogP contribution is -2.46. The monoisotopic (exact) mass is 371 g/mol. The summed E-state index contributed by atoms with van der Waals surface area (Å²) < 4.78 is 0. The predicted molar refractivity (Wildman–Crippen MR) is 106 cm³/mol. The molecule has 1 N–H and O–H groups in total. The molecule has 1 aliphatic heterocycles. The van der Waals surface area contributed by atoms with Crippen molar-refractivity contribution in [1.82, 2.24) is 15.2 Å². The van der Waals surface area contributed by atoms with Crippen molar-refractivity contribution in [3.05, 3.63) is 101 Å². The summed E-state index contributed by atoms with van der Waals surface area (Å²) >= 11 is 0. The molecule has 2 heterocycles. The second-order valence-electron chi connectivity index (χ2n) is 6.86. The fourth-order valence-electron chi connectivity index (χ4n) is 3.57. The van der Waals surface area contributed by atoms with Crippen LogP contribution in [0.5, 0.6) is 0 Å². The highest BCUT2D eigenvalue weighted by atomic mass is 16.2. The summed E-state index contributed by atoms with van der Waals surface area (Å²) in [4.78, 5) is 31.8. The summed E-state index contributed by atoms with van der Waals surface area (Å²) in [6, 6.07) is 20.5. The molecule has 3 aromatic rings. The average Bonchev–Trinajstić information content (AvgIpc) is 2.74. The van der Waals surface area contributed by atoms with Gasteiger partial charge in [-0.2, -0.15) is 0 Å². The number of nitrogens with zero attached hydrogens (tertiary/aromatic N) is 2. The molecule has 5 nitrogen and oxygen atoms in total. The normalized spacial score (nSPS) is 15.8. The molecular weight excluding hydrogens is 350 g/mol. The van der Waals surface area contributed by atoms with Gasteiger partial charge < -0.3 is 10.2 Å². The van der Waals surface area contributed by atoms with Gasteiger partial charge in [0.2, 0.25) is 11.8 Å².